The number of ether oxygens (including phenoxy) is 1. The zero-order valence-corrected chi connectivity index (χ0v) is 12.8. The Morgan fingerprint density at radius 1 is 1.10 bits per heavy atom. The van der Waals surface area contributed by atoms with Gasteiger partial charge in [-0.3, -0.25) is 0 Å². The van der Waals surface area contributed by atoms with Gasteiger partial charge < -0.3 is 10.1 Å². The highest BCUT2D eigenvalue weighted by atomic mass is 79.9. The minimum absolute atomic E-state index is 0.0488. The summed E-state index contributed by atoms with van der Waals surface area (Å²) in [7, 11) is 1.56. The third-order valence-corrected chi connectivity index (χ3v) is 3.42. The second-order valence-corrected chi connectivity index (χ2v) is 5.30. The second kappa shape index (κ2) is 6.39. The molecule has 112 valence electrons. The summed E-state index contributed by atoms with van der Waals surface area (Å²) in [5, 5.41) is 2.82. The molecule has 2 nitrogen and oxygen atoms in total. The van der Waals surface area contributed by atoms with Gasteiger partial charge in [0.1, 0.15) is 5.75 Å². The maximum absolute atomic E-state index is 12.9. The van der Waals surface area contributed by atoms with E-state index in [1.807, 2.05) is 0 Å². The molecule has 21 heavy (non-hydrogen) atoms. The lowest BCUT2D eigenvalue weighted by Gasteiger charge is -2.15. The van der Waals surface area contributed by atoms with E-state index in [-0.39, 0.29) is 5.69 Å². The molecule has 0 amide bonds. The van der Waals surface area contributed by atoms with Crippen molar-refractivity contribution in [1.82, 2.24) is 0 Å². The summed E-state index contributed by atoms with van der Waals surface area (Å²) in [6.45, 7) is 0.295. The molecule has 0 saturated heterocycles. The Hall–Kier alpha value is -1.69. The number of nitrogens with one attached hydrogen (secondary N) is 1. The van der Waals surface area contributed by atoms with E-state index in [1.165, 1.54) is 12.1 Å². The van der Waals surface area contributed by atoms with Gasteiger partial charge in [-0.2, -0.15) is 13.2 Å². The molecule has 0 radical (unpaired) electrons. The molecule has 1 N–H and O–H groups in total. The fourth-order valence-corrected chi connectivity index (χ4v) is 2.21. The van der Waals surface area contributed by atoms with E-state index in [0.717, 1.165) is 11.6 Å². The Kier molecular flexibility index (Phi) is 4.77. The summed E-state index contributed by atoms with van der Waals surface area (Å²) in [5.41, 5.74) is 0.232. The molecule has 0 aliphatic carbocycles. The summed E-state index contributed by atoms with van der Waals surface area (Å²) in [6, 6.07) is 11.0. The molecule has 0 atom stereocenters. The van der Waals surface area contributed by atoms with Gasteiger partial charge in [0.2, 0.25) is 0 Å². The number of alkyl halides is 3. The van der Waals surface area contributed by atoms with Crippen molar-refractivity contribution in [2.75, 3.05) is 12.4 Å². The molecule has 6 heteroatoms. The van der Waals surface area contributed by atoms with Gasteiger partial charge in [-0.15, -0.1) is 0 Å². The first kappa shape index (κ1) is 15.7. The number of hydrogen-bond acceptors (Lipinski definition) is 2. The average molecular weight is 360 g/mol. The summed E-state index contributed by atoms with van der Waals surface area (Å²) in [4.78, 5) is 0. The lowest BCUT2D eigenvalue weighted by atomic mass is 10.1. The lowest BCUT2D eigenvalue weighted by Crippen LogP contribution is -2.10. The van der Waals surface area contributed by atoms with Crippen LogP contribution in [0.25, 0.3) is 0 Å². The van der Waals surface area contributed by atoms with Gasteiger partial charge in [-0.05, 0) is 35.9 Å². The number of hydrogen-bond donors (Lipinski definition) is 1. The van der Waals surface area contributed by atoms with Gasteiger partial charge in [0, 0.05) is 16.7 Å². The Labute approximate surface area is 129 Å². The van der Waals surface area contributed by atoms with E-state index >= 15 is 0 Å². The highest BCUT2D eigenvalue weighted by molar-refractivity contribution is 9.10. The van der Waals surface area contributed by atoms with Crippen molar-refractivity contribution in [3.63, 3.8) is 0 Å². The van der Waals surface area contributed by atoms with Gasteiger partial charge in [0.25, 0.3) is 0 Å². The third-order valence-electron chi connectivity index (χ3n) is 2.93. The van der Waals surface area contributed by atoms with Crippen LogP contribution in [0, 0.1) is 0 Å². The lowest BCUT2D eigenvalue weighted by molar-refractivity contribution is -0.137. The molecule has 0 aliphatic heterocycles. The number of benzene rings is 2. The normalized spacial score (nSPS) is 11.3. The van der Waals surface area contributed by atoms with Gasteiger partial charge >= 0.3 is 6.18 Å². The molecule has 2 aromatic carbocycles. The van der Waals surface area contributed by atoms with Crippen molar-refractivity contribution >= 4 is 21.6 Å². The minimum Gasteiger partial charge on any atom is -0.497 e. The molecule has 0 spiro atoms. The van der Waals surface area contributed by atoms with Crippen molar-refractivity contribution in [2.45, 2.75) is 12.7 Å². The summed E-state index contributed by atoms with van der Waals surface area (Å²) in [6.07, 6.45) is -4.39. The van der Waals surface area contributed by atoms with Crippen molar-refractivity contribution in [3.05, 3.63) is 58.1 Å². The van der Waals surface area contributed by atoms with Gasteiger partial charge in [-0.1, -0.05) is 28.1 Å². The van der Waals surface area contributed by atoms with E-state index in [4.69, 9.17) is 4.74 Å². The molecule has 0 heterocycles. The van der Waals surface area contributed by atoms with Crippen molar-refractivity contribution in [3.8, 4) is 5.75 Å². The van der Waals surface area contributed by atoms with E-state index in [1.54, 1.807) is 31.4 Å². The maximum Gasteiger partial charge on any atom is 0.418 e. The third kappa shape index (κ3) is 4.14. The Morgan fingerprint density at radius 3 is 2.33 bits per heavy atom. The monoisotopic (exact) mass is 359 g/mol. The number of anilines is 1. The maximum atomic E-state index is 12.9. The standard InChI is InChI=1S/C15H13BrF3NO/c1-21-12-5-2-10(3-6-12)9-20-14-8-11(16)4-7-13(14)15(17,18)19/h2-8,20H,9H2,1H3. The first-order valence-electron chi connectivity index (χ1n) is 6.13. The molecule has 0 fully saturated rings. The molecule has 2 aromatic rings. The van der Waals surface area contributed by atoms with Crippen molar-refractivity contribution < 1.29 is 17.9 Å². The summed E-state index contributed by atoms with van der Waals surface area (Å²) >= 11 is 3.18. The quantitative estimate of drug-likeness (QED) is 0.820. The van der Waals surface area contributed by atoms with Crippen LogP contribution in [0.2, 0.25) is 0 Å². The second-order valence-electron chi connectivity index (χ2n) is 4.39. The van der Waals surface area contributed by atoms with Crippen LogP contribution in [0.1, 0.15) is 11.1 Å². The smallest absolute Gasteiger partial charge is 0.418 e. The van der Waals surface area contributed by atoms with Crippen molar-refractivity contribution in [1.29, 1.82) is 0 Å². The van der Waals surface area contributed by atoms with Crippen LogP contribution in [0.15, 0.2) is 46.9 Å². The fraction of sp³-hybridized carbons (Fsp3) is 0.200. The molecule has 0 unspecified atom stereocenters. The van der Waals surface area contributed by atoms with E-state index in [9.17, 15) is 13.2 Å². The average Bonchev–Trinajstić information content (AvgIpc) is 2.44. The predicted molar refractivity (Wildman–Crippen MR) is 79.5 cm³/mol. The predicted octanol–water partition coefficient (Wildman–Crippen LogP) is 5.09. The van der Waals surface area contributed by atoms with Crippen LogP contribution in [-0.2, 0) is 12.7 Å². The Bertz CT molecular complexity index is 611. The van der Waals surface area contributed by atoms with E-state index in [2.05, 4.69) is 21.2 Å². The first-order valence-corrected chi connectivity index (χ1v) is 6.93. The highest BCUT2D eigenvalue weighted by Gasteiger charge is 2.33. The van der Waals surface area contributed by atoms with Crippen LogP contribution >= 0.6 is 15.9 Å². The zero-order chi connectivity index (χ0) is 15.5. The zero-order valence-electron chi connectivity index (χ0n) is 11.2. The molecule has 0 aromatic heterocycles. The van der Waals surface area contributed by atoms with Gasteiger partial charge in [0.05, 0.1) is 12.7 Å². The van der Waals surface area contributed by atoms with Gasteiger partial charge in [-0.25, -0.2) is 0 Å². The Morgan fingerprint density at radius 2 is 1.76 bits per heavy atom. The van der Waals surface area contributed by atoms with Crippen LogP contribution in [0.4, 0.5) is 18.9 Å². The van der Waals surface area contributed by atoms with Gasteiger partial charge in [0.15, 0.2) is 0 Å². The topological polar surface area (TPSA) is 21.3 Å². The molecule has 0 saturated carbocycles. The molecular weight excluding hydrogens is 347 g/mol. The molecule has 0 aliphatic rings. The van der Waals surface area contributed by atoms with Crippen LogP contribution in [0.3, 0.4) is 0 Å². The van der Waals surface area contributed by atoms with E-state index in [0.29, 0.717) is 16.8 Å². The van der Waals surface area contributed by atoms with Crippen molar-refractivity contribution in [2.24, 2.45) is 0 Å². The minimum atomic E-state index is -4.39. The number of halogens is 4. The SMILES string of the molecule is COc1ccc(CNc2cc(Br)ccc2C(F)(F)F)cc1. The largest absolute Gasteiger partial charge is 0.497 e. The van der Waals surface area contributed by atoms with Crippen LogP contribution in [-0.4, -0.2) is 7.11 Å². The first-order chi connectivity index (χ1) is 9.90. The molecule has 0 bridgehead atoms. The van der Waals surface area contributed by atoms with Crippen LogP contribution in [0.5, 0.6) is 5.75 Å². The summed E-state index contributed by atoms with van der Waals surface area (Å²) < 4.78 is 44.4. The number of rotatable bonds is 4. The number of methoxy groups -OCH3 is 1. The molecular formula is C15H13BrF3NO. The fourth-order valence-electron chi connectivity index (χ4n) is 1.85. The highest BCUT2D eigenvalue weighted by Crippen LogP contribution is 2.36. The molecule has 2 rings (SSSR count). The van der Waals surface area contributed by atoms with Crippen LogP contribution < -0.4 is 10.1 Å². The van der Waals surface area contributed by atoms with E-state index < -0.39 is 11.7 Å². The Balaban J connectivity index is 2.17. The summed E-state index contributed by atoms with van der Waals surface area (Å²) in [5.74, 6) is 0.706.